The van der Waals surface area contributed by atoms with Crippen molar-refractivity contribution in [3.63, 3.8) is 0 Å². The van der Waals surface area contributed by atoms with E-state index >= 15 is 0 Å². The maximum absolute atomic E-state index is 12.9. The minimum Gasteiger partial charge on any atom is -0.399 e. The number of phosphoric ester groups is 1. The molecule has 1 aliphatic heterocycles. The van der Waals surface area contributed by atoms with Crippen LogP contribution >= 0.6 is 7.82 Å². The highest BCUT2D eigenvalue weighted by atomic mass is 31.2. The molecule has 1 aromatic rings. The number of benzene rings is 1. The summed E-state index contributed by atoms with van der Waals surface area (Å²) in [4.78, 5) is 10.5. The van der Waals surface area contributed by atoms with Gasteiger partial charge in [0.1, 0.15) is 11.5 Å². The zero-order valence-electron chi connectivity index (χ0n) is 18.0. The van der Waals surface area contributed by atoms with Crippen LogP contribution in [0.25, 0.3) is 0 Å². The Morgan fingerprint density at radius 3 is 2.66 bits per heavy atom. The Kier molecular flexibility index (Phi) is 4.68. The van der Waals surface area contributed by atoms with Gasteiger partial charge >= 0.3 is 7.82 Å². The van der Waals surface area contributed by atoms with E-state index in [4.69, 9.17) is 9.05 Å². The van der Waals surface area contributed by atoms with E-state index in [0.29, 0.717) is 23.5 Å². The summed E-state index contributed by atoms with van der Waals surface area (Å²) in [6, 6.07) is 2.19. The topological polar surface area (TPSA) is 55.8 Å². The third-order valence-corrected chi connectivity index (χ3v) is 8.74. The van der Waals surface area contributed by atoms with Crippen molar-refractivity contribution in [2.45, 2.75) is 78.6 Å². The van der Waals surface area contributed by atoms with Crippen LogP contribution < -0.4 is 4.52 Å². The van der Waals surface area contributed by atoms with Crippen LogP contribution in [-0.4, -0.2) is 4.89 Å². The molecule has 6 atom stereocenters. The van der Waals surface area contributed by atoms with Gasteiger partial charge < -0.3 is 9.05 Å². The van der Waals surface area contributed by atoms with Gasteiger partial charge in [0.25, 0.3) is 0 Å². The van der Waals surface area contributed by atoms with E-state index in [2.05, 4.69) is 26.8 Å². The van der Waals surface area contributed by atoms with Crippen LogP contribution in [0.2, 0.25) is 0 Å². The number of allylic oxidation sites excluding steroid dienone is 2. The van der Waals surface area contributed by atoms with Gasteiger partial charge in [0.05, 0.1) is 0 Å². The molecule has 158 valence electrons. The first-order valence-electron chi connectivity index (χ1n) is 11.3. The van der Waals surface area contributed by atoms with Crippen molar-refractivity contribution < 1.29 is 18.5 Å². The van der Waals surface area contributed by atoms with Gasteiger partial charge in [-0.25, -0.2) is 4.57 Å². The van der Waals surface area contributed by atoms with Crippen molar-refractivity contribution in [1.29, 1.82) is 0 Å². The zero-order chi connectivity index (χ0) is 20.5. The summed E-state index contributed by atoms with van der Waals surface area (Å²) in [6.45, 7) is 8.79. The summed E-state index contributed by atoms with van der Waals surface area (Å²) in [6.07, 6.45) is 7.86. The third kappa shape index (κ3) is 3.27. The summed E-state index contributed by atoms with van der Waals surface area (Å²) >= 11 is 0. The maximum atomic E-state index is 12.9. The fraction of sp³-hybridized carbons (Fsp3) is 0.667. The summed E-state index contributed by atoms with van der Waals surface area (Å²) in [5.41, 5.74) is 6.05. The van der Waals surface area contributed by atoms with Crippen LogP contribution in [0, 0.1) is 30.6 Å². The predicted octanol–water partition coefficient (Wildman–Crippen LogP) is 6.44. The standard InChI is InChI=1S/C24H33O4P/c1-13-5-7-19-17(9-13)11-15(3)23-21(19)22-20-8-6-14(2)10-18(20)12-16(4)24(22)28-29(25,26)27-23/h11,13-14,18,20,22H,5-10,12H2,1-4H3,(H,25,26)/t13?,14?,18?,20?,22-/m0/s1. The second kappa shape index (κ2) is 6.89. The van der Waals surface area contributed by atoms with Crippen molar-refractivity contribution >= 4 is 7.82 Å². The Bertz CT molecular complexity index is 933. The van der Waals surface area contributed by atoms with Crippen molar-refractivity contribution in [2.24, 2.45) is 23.7 Å². The molecule has 4 aliphatic rings. The molecule has 0 radical (unpaired) electrons. The highest BCUT2D eigenvalue weighted by Crippen LogP contribution is 2.63. The number of aryl methyl sites for hydroxylation is 1. The molecule has 5 heteroatoms. The molecule has 0 aromatic heterocycles. The highest BCUT2D eigenvalue weighted by Gasteiger charge is 2.49. The van der Waals surface area contributed by atoms with Crippen molar-refractivity contribution in [2.75, 3.05) is 0 Å². The monoisotopic (exact) mass is 416 g/mol. The Hall–Kier alpha value is -1.25. The number of hydrogen-bond acceptors (Lipinski definition) is 3. The van der Waals surface area contributed by atoms with Crippen molar-refractivity contribution in [3.8, 4) is 5.75 Å². The Balaban J connectivity index is 1.76. The normalized spacial score (nSPS) is 38.6. The molecule has 0 bridgehead atoms. The zero-order valence-corrected chi connectivity index (χ0v) is 18.9. The molecule has 5 rings (SSSR count). The van der Waals surface area contributed by atoms with Gasteiger partial charge in [0, 0.05) is 11.5 Å². The lowest BCUT2D eigenvalue weighted by atomic mass is 9.60. The van der Waals surface area contributed by atoms with Gasteiger partial charge in [-0.3, -0.25) is 4.89 Å². The molecule has 1 aromatic carbocycles. The van der Waals surface area contributed by atoms with E-state index < -0.39 is 7.82 Å². The quantitative estimate of drug-likeness (QED) is 0.494. The minimum atomic E-state index is -4.18. The first-order chi connectivity index (χ1) is 13.7. The Morgan fingerprint density at radius 2 is 1.86 bits per heavy atom. The summed E-state index contributed by atoms with van der Waals surface area (Å²) in [5.74, 6) is 3.94. The van der Waals surface area contributed by atoms with Gasteiger partial charge in [-0.1, -0.05) is 26.3 Å². The van der Waals surface area contributed by atoms with Gasteiger partial charge in [-0.05, 0) is 98.3 Å². The lowest BCUT2D eigenvalue weighted by molar-refractivity contribution is 0.131. The summed E-state index contributed by atoms with van der Waals surface area (Å²) in [7, 11) is -4.18. The fourth-order valence-corrected chi connectivity index (χ4v) is 7.65. The molecule has 1 saturated carbocycles. The molecule has 1 heterocycles. The van der Waals surface area contributed by atoms with Crippen LogP contribution in [0.5, 0.6) is 5.75 Å². The molecule has 0 saturated heterocycles. The summed E-state index contributed by atoms with van der Waals surface area (Å²) < 4.78 is 24.5. The lowest BCUT2D eigenvalue weighted by Gasteiger charge is -2.44. The van der Waals surface area contributed by atoms with E-state index in [0.717, 1.165) is 54.9 Å². The molecule has 0 amide bonds. The first-order valence-corrected chi connectivity index (χ1v) is 12.8. The molecule has 29 heavy (non-hydrogen) atoms. The van der Waals surface area contributed by atoms with Gasteiger partial charge in [0.15, 0.2) is 0 Å². The number of fused-ring (bicyclic) bond motifs is 7. The van der Waals surface area contributed by atoms with Crippen LogP contribution in [0.3, 0.4) is 0 Å². The number of hydrogen-bond donors (Lipinski definition) is 1. The second-order valence-electron chi connectivity index (χ2n) is 10.2. The highest BCUT2D eigenvalue weighted by molar-refractivity contribution is 7.48. The molecular weight excluding hydrogens is 383 g/mol. The number of rotatable bonds is 0. The van der Waals surface area contributed by atoms with E-state index in [1.807, 2.05) is 6.92 Å². The molecule has 3 aliphatic carbocycles. The molecule has 4 nitrogen and oxygen atoms in total. The Morgan fingerprint density at radius 1 is 1.07 bits per heavy atom. The smallest absolute Gasteiger partial charge is 0.399 e. The molecule has 1 N–H and O–H groups in total. The largest absolute Gasteiger partial charge is 0.584 e. The molecular formula is C24H33O4P. The van der Waals surface area contributed by atoms with Crippen LogP contribution in [0.4, 0.5) is 0 Å². The van der Waals surface area contributed by atoms with Crippen LogP contribution in [0.1, 0.15) is 81.0 Å². The van der Waals surface area contributed by atoms with Gasteiger partial charge in [0.2, 0.25) is 0 Å². The van der Waals surface area contributed by atoms with E-state index in [-0.39, 0.29) is 5.92 Å². The Labute approximate surface area is 174 Å². The average Bonchev–Trinajstić information content (AvgIpc) is 2.76. The van der Waals surface area contributed by atoms with Crippen molar-refractivity contribution in [3.05, 3.63) is 39.7 Å². The molecule has 5 unspecified atom stereocenters. The predicted molar refractivity (Wildman–Crippen MR) is 114 cm³/mol. The molecule has 0 spiro atoms. The first kappa shape index (κ1) is 19.7. The fourth-order valence-electron chi connectivity index (χ4n) is 6.62. The minimum absolute atomic E-state index is 0.0567. The summed E-state index contributed by atoms with van der Waals surface area (Å²) in [5, 5.41) is 0. The van der Waals surface area contributed by atoms with Gasteiger partial charge in [-0.2, -0.15) is 0 Å². The third-order valence-electron chi connectivity index (χ3n) is 7.90. The van der Waals surface area contributed by atoms with E-state index in [1.165, 1.54) is 29.5 Å². The lowest BCUT2D eigenvalue weighted by Crippen LogP contribution is -2.34. The number of phosphoric acid groups is 1. The van der Waals surface area contributed by atoms with Gasteiger partial charge in [-0.15, -0.1) is 0 Å². The SMILES string of the molecule is CC1=C2OP(=O)(O)Oc3c(C)cc4c(c3[C@@H]2C2CCC(C)CC2C1)CCC(C)C4. The van der Waals surface area contributed by atoms with Crippen LogP contribution in [0.15, 0.2) is 17.4 Å². The van der Waals surface area contributed by atoms with Crippen molar-refractivity contribution in [1.82, 2.24) is 0 Å². The van der Waals surface area contributed by atoms with E-state index in [1.54, 1.807) is 0 Å². The average molecular weight is 416 g/mol. The molecule has 1 fully saturated rings. The maximum Gasteiger partial charge on any atom is 0.584 e. The van der Waals surface area contributed by atoms with E-state index in [9.17, 15) is 9.46 Å². The van der Waals surface area contributed by atoms with Crippen LogP contribution in [-0.2, 0) is 21.9 Å². The second-order valence-corrected chi connectivity index (χ2v) is 11.5.